The zero-order valence-electron chi connectivity index (χ0n) is 7.81. The van der Waals surface area contributed by atoms with E-state index in [1.165, 1.54) is 0 Å². The molecule has 1 aliphatic heterocycles. The Hall–Kier alpha value is -1.43. The second kappa shape index (κ2) is 3.38. The molecule has 6 heteroatoms. The summed E-state index contributed by atoms with van der Waals surface area (Å²) in [6, 6.07) is 0. The minimum atomic E-state index is -0.257. The highest BCUT2D eigenvalue weighted by Gasteiger charge is 2.25. The molecule has 0 radical (unpaired) electrons. The Balaban J connectivity index is 2.27. The standard InChI is InChI=1S/C8H13N5O/c9-3-7-12-11-6-2-1-5(8(10)14)4-13(6)7/h5H,1-4,9H2,(H2,10,14). The van der Waals surface area contributed by atoms with Crippen LogP contribution in [0.25, 0.3) is 0 Å². The summed E-state index contributed by atoms with van der Waals surface area (Å²) in [6.45, 7) is 0.919. The van der Waals surface area contributed by atoms with Crippen LogP contribution in [-0.4, -0.2) is 20.7 Å². The van der Waals surface area contributed by atoms with Crippen LogP contribution in [0.5, 0.6) is 0 Å². The van der Waals surface area contributed by atoms with Crippen molar-refractivity contribution in [1.29, 1.82) is 0 Å². The van der Waals surface area contributed by atoms with E-state index >= 15 is 0 Å². The highest BCUT2D eigenvalue weighted by atomic mass is 16.1. The lowest BCUT2D eigenvalue weighted by molar-refractivity contribution is -0.122. The monoisotopic (exact) mass is 195 g/mol. The number of hydrogen-bond donors (Lipinski definition) is 2. The van der Waals surface area contributed by atoms with Crippen LogP contribution in [-0.2, 0) is 24.3 Å². The van der Waals surface area contributed by atoms with Crippen LogP contribution in [0, 0.1) is 5.92 Å². The van der Waals surface area contributed by atoms with Gasteiger partial charge in [-0.1, -0.05) is 0 Å². The molecule has 1 atom stereocenters. The van der Waals surface area contributed by atoms with Crippen molar-refractivity contribution in [3.05, 3.63) is 11.6 Å². The lowest BCUT2D eigenvalue weighted by Gasteiger charge is -2.21. The summed E-state index contributed by atoms with van der Waals surface area (Å²) < 4.78 is 1.90. The van der Waals surface area contributed by atoms with E-state index in [0.717, 1.165) is 24.5 Å². The first-order valence-corrected chi connectivity index (χ1v) is 4.62. The Morgan fingerprint density at radius 3 is 3.00 bits per heavy atom. The fourth-order valence-electron chi connectivity index (χ4n) is 1.77. The molecule has 0 spiro atoms. The molecule has 2 rings (SSSR count). The van der Waals surface area contributed by atoms with Gasteiger partial charge in [0.15, 0.2) is 0 Å². The molecule has 1 amide bonds. The number of hydrogen-bond acceptors (Lipinski definition) is 4. The Bertz CT molecular complexity index is 345. The van der Waals surface area contributed by atoms with Gasteiger partial charge >= 0.3 is 0 Å². The zero-order chi connectivity index (χ0) is 10.1. The van der Waals surface area contributed by atoms with Gasteiger partial charge in [-0.15, -0.1) is 10.2 Å². The predicted octanol–water partition coefficient (Wildman–Crippen LogP) is -1.22. The van der Waals surface area contributed by atoms with Crippen molar-refractivity contribution in [2.45, 2.75) is 25.9 Å². The quantitative estimate of drug-likeness (QED) is 0.618. The Morgan fingerprint density at radius 1 is 1.57 bits per heavy atom. The van der Waals surface area contributed by atoms with E-state index in [1.807, 2.05) is 4.57 Å². The molecule has 14 heavy (non-hydrogen) atoms. The summed E-state index contributed by atoms with van der Waals surface area (Å²) in [6.07, 6.45) is 1.51. The fourth-order valence-corrected chi connectivity index (χ4v) is 1.77. The second-order valence-corrected chi connectivity index (χ2v) is 3.49. The van der Waals surface area contributed by atoms with Gasteiger partial charge in [0.05, 0.1) is 12.5 Å². The molecule has 4 N–H and O–H groups in total. The summed E-state index contributed by atoms with van der Waals surface area (Å²) in [5.41, 5.74) is 10.8. The van der Waals surface area contributed by atoms with Gasteiger partial charge in [0.1, 0.15) is 11.6 Å². The summed E-state index contributed by atoms with van der Waals surface area (Å²) in [5.74, 6) is 1.27. The fraction of sp³-hybridized carbons (Fsp3) is 0.625. The van der Waals surface area contributed by atoms with E-state index in [9.17, 15) is 4.79 Å². The molecule has 76 valence electrons. The second-order valence-electron chi connectivity index (χ2n) is 3.49. The van der Waals surface area contributed by atoms with Gasteiger partial charge in [-0.3, -0.25) is 4.79 Å². The van der Waals surface area contributed by atoms with Gasteiger partial charge in [0.2, 0.25) is 5.91 Å². The molecular weight excluding hydrogens is 182 g/mol. The molecule has 0 saturated heterocycles. The van der Waals surface area contributed by atoms with Gasteiger partial charge in [-0.2, -0.15) is 0 Å². The molecule has 2 heterocycles. The maximum atomic E-state index is 11.0. The summed E-state index contributed by atoms with van der Waals surface area (Å²) >= 11 is 0. The van der Waals surface area contributed by atoms with E-state index in [2.05, 4.69) is 10.2 Å². The Labute approximate surface area is 81.3 Å². The van der Waals surface area contributed by atoms with Crippen LogP contribution < -0.4 is 11.5 Å². The Morgan fingerprint density at radius 2 is 2.36 bits per heavy atom. The normalized spacial score (nSPS) is 20.5. The molecule has 1 aromatic heterocycles. The molecule has 0 bridgehead atoms. The van der Waals surface area contributed by atoms with Gasteiger partial charge in [-0.05, 0) is 6.42 Å². The Kier molecular flexibility index (Phi) is 2.20. The number of nitrogens with zero attached hydrogens (tertiary/aromatic N) is 3. The summed E-state index contributed by atoms with van der Waals surface area (Å²) in [7, 11) is 0. The first-order valence-electron chi connectivity index (χ1n) is 4.62. The van der Waals surface area contributed by atoms with E-state index in [-0.39, 0.29) is 11.8 Å². The average molecular weight is 195 g/mol. The molecule has 1 aromatic rings. The smallest absolute Gasteiger partial charge is 0.222 e. The minimum absolute atomic E-state index is 0.108. The molecule has 0 fully saturated rings. The van der Waals surface area contributed by atoms with Crippen molar-refractivity contribution in [2.75, 3.05) is 0 Å². The SMILES string of the molecule is NCc1nnc2n1CC(C(N)=O)CC2. The van der Waals surface area contributed by atoms with E-state index in [0.29, 0.717) is 13.1 Å². The number of amides is 1. The average Bonchev–Trinajstić information content (AvgIpc) is 2.59. The summed E-state index contributed by atoms with van der Waals surface area (Å²) in [5, 5.41) is 7.95. The molecule has 0 aliphatic carbocycles. The number of primary amides is 1. The van der Waals surface area contributed by atoms with Crippen molar-refractivity contribution in [1.82, 2.24) is 14.8 Å². The van der Waals surface area contributed by atoms with Gasteiger partial charge in [0, 0.05) is 13.0 Å². The van der Waals surface area contributed by atoms with Crippen molar-refractivity contribution < 1.29 is 4.79 Å². The van der Waals surface area contributed by atoms with Gasteiger partial charge < -0.3 is 16.0 Å². The van der Waals surface area contributed by atoms with E-state index in [1.54, 1.807) is 0 Å². The number of rotatable bonds is 2. The molecule has 1 aliphatic rings. The maximum Gasteiger partial charge on any atom is 0.222 e. The predicted molar refractivity (Wildman–Crippen MR) is 48.9 cm³/mol. The molecule has 1 unspecified atom stereocenters. The van der Waals surface area contributed by atoms with Crippen LogP contribution in [0.15, 0.2) is 0 Å². The highest BCUT2D eigenvalue weighted by molar-refractivity contribution is 5.76. The number of aromatic nitrogens is 3. The van der Waals surface area contributed by atoms with Crippen LogP contribution >= 0.6 is 0 Å². The van der Waals surface area contributed by atoms with E-state index in [4.69, 9.17) is 11.5 Å². The van der Waals surface area contributed by atoms with Crippen LogP contribution in [0.3, 0.4) is 0 Å². The maximum absolute atomic E-state index is 11.0. The molecule has 0 saturated carbocycles. The largest absolute Gasteiger partial charge is 0.369 e. The first-order chi connectivity index (χ1) is 6.72. The van der Waals surface area contributed by atoms with Crippen molar-refractivity contribution >= 4 is 5.91 Å². The topological polar surface area (TPSA) is 99.8 Å². The van der Waals surface area contributed by atoms with E-state index < -0.39 is 0 Å². The molecule has 0 aromatic carbocycles. The number of nitrogens with two attached hydrogens (primary N) is 2. The number of fused-ring (bicyclic) bond motifs is 1. The van der Waals surface area contributed by atoms with Crippen LogP contribution in [0.1, 0.15) is 18.1 Å². The molecule has 6 nitrogen and oxygen atoms in total. The van der Waals surface area contributed by atoms with Gasteiger partial charge in [0.25, 0.3) is 0 Å². The van der Waals surface area contributed by atoms with Crippen LogP contribution in [0.4, 0.5) is 0 Å². The third kappa shape index (κ3) is 1.37. The minimum Gasteiger partial charge on any atom is -0.369 e. The van der Waals surface area contributed by atoms with Crippen LogP contribution in [0.2, 0.25) is 0 Å². The lowest BCUT2D eigenvalue weighted by atomic mass is 9.99. The first kappa shape index (κ1) is 9.14. The van der Waals surface area contributed by atoms with Crippen molar-refractivity contribution in [2.24, 2.45) is 17.4 Å². The number of carbonyl (C=O) groups excluding carboxylic acids is 1. The van der Waals surface area contributed by atoms with Gasteiger partial charge in [-0.25, -0.2) is 0 Å². The molecular formula is C8H13N5O. The third-order valence-corrected chi connectivity index (χ3v) is 2.61. The number of carbonyl (C=O) groups is 1. The van der Waals surface area contributed by atoms with Crippen molar-refractivity contribution in [3.63, 3.8) is 0 Å². The summed E-state index contributed by atoms with van der Waals surface area (Å²) in [4.78, 5) is 11.0. The third-order valence-electron chi connectivity index (χ3n) is 2.61. The highest BCUT2D eigenvalue weighted by Crippen LogP contribution is 2.19. The lowest BCUT2D eigenvalue weighted by Crippen LogP contribution is -2.32. The zero-order valence-corrected chi connectivity index (χ0v) is 7.81. The number of aryl methyl sites for hydroxylation is 1. The van der Waals surface area contributed by atoms with Crippen molar-refractivity contribution in [3.8, 4) is 0 Å².